The Hall–Kier alpha value is -2.19. The number of thiophene rings is 1. The number of benzene rings is 1. The number of fused-ring (bicyclic) bond motifs is 3. The number of rotatable bonds is 6. The second-order valence-corrected chi connectivity index (χ2v) is 9.69. The van der Waals surface area contributed by atoms with Crippen molar-refractivity contribution in [3.63, 3.8) is 0 Å². The van der Waals surface area contributed by atoms with Gasteiger partial charge in [-0.1, -0.05) is 29.3 Å². The molecule has 0 radical (unpaired) electrons. The molecule has 9 heteroatoms. The van der Waals surface area contributed by atoms with Gasteiger partial charge < -0.3 is 15.1 Å². The third kappa shape index (κ3) is 4.70. The molecule has 0 fully saturated rings. The molecule has 3 aromatic rings. The average molecular weight is 476 g/mol. The van der Waals surface area contributed by atoms with Crippen LogP contribution in [0.1, 0.15) is 24.3 Å². The molecule has 3 heterocycles. The fourth-order valence-electron chi connectivity index (χ4n) is 3.35. The number of nitrogens with zero attached hydrogens (tertiary/aromatic N) is 4. The van der Waals surface area contributed by atoms with Crippen molar-refractivity contribution >= 4 is 62.2 Å². The fraction of sp³-hybridized carbons (Fsp3) is 0.318. The first-order chi connectivity index (χ1) is 14.8. The lowest BCUT2D eigenvalue weighted by Gasteiger charge is -2.19. The highest BCUT2D eigenvalue weighted by molar-refractivity contribution is 7.19. The maximum atomic E-state index is 12.7. The maximum absolute atomic E-state index is 12.7. The molecule has 31 heavy (non-hydrogen) atoms. The van der Waals surface area contributed by atoms with E-state index in [1.807, 2.05) is 24.1 Å². The minimum atomic E-state index is 0.0181. The Labute approximate surface area is 195 Å². The number of anilines is 2. The van der Waals surface area contributed by atoms with Crippen LogP contribution in [0, 0.1) is 0 Å². The van der Waals surface area contributed by atoms with Gasteiger partial charge >= 0.3 is 0 Å². The van der Waals surface area contributed by atoms with Crippen LogP contribution in [0.2, 0.25) is 10.0 Å². The number of hydrogen-bond acceptors (Lipinski definition) is 6. The van der Waals surface area contributed by atoms with E-state index in [0.29, 0.717) is 35.0 Å². The molecule has 0 saturated heterocycles. The van der Waals surface area contributed by atoms with Crippen molar-refractivity contribution in [1.82, 2.24) is 19.8 Å². The number of halogens is 2. The zero-order chi connectivity index (χ0) is 22.1. The van der Waals surface area contributed by atoms with E-state index in [-0.39, 0.29) is 5.91 Å². The summed E-state index contributed by atoms with van der Waals surface area (Å²) in [6, 6.07) is 5.79. The highest BCUT2D eigenvalue weighted by Gasteiger charge is 2.28. The largest absolute Gasteiger partial charge is 0.340 e. The molecule has 1 amide bonds. The third-order valence-electron chi connectivity index (χ3n) is 5.38. The first-order valence-electron chi connectivity index (χ1n) is 9.96. The van der Waals surface area contributed by atoms with Gasteiger partial charge in [0.2, 0.25) is 5.91 Å². The van der Waals surface area contributed by atoms with Crippen molar-refractivity contribution in [2.45, 2.75) is 33.0 Å². The van der Waals surface area contributed by atoms with E-state index in [1.54, 1.807) is 35.9 Å². The molecule has 1 aliphatic heterocycles. The van der Waals surface area contributed by atoms with Crippen LogP contribution in [-0.4, -0.2) is 45.3 Å². The van der Waals surface area contributed by atoms with E-state index in [2.05, 4.69) is 34.0 Å². The molecule has 6 nitrogen and oxygen atoms in total. The summed E-state index contributed by atoms with van der Waals surface area (Å²) < 4.78 is 0. The Bertz CT molecular complexity index is 1160. The summed E-state index contributed by atoms with van der Waals surface area (Å²) in [7, 11) is 2.04. The average Bonchev–Trinajstić information content (AvgIpc) is 3.28. The van der Waals surface area contributed by atoms with Crippen LogP contribution in [0.5, 0.6) is 0 Å². The van der Waals surface area contributed by atoms with Crippen molar-refractivity contribution < 1.29 is 4.79 Å². The number of likely N-dealkylation sites (N-methyl/N-ethyl adjacent to an activating group) is 1. The molecular formula is C22H23Cl2N5OS. The highest BCUT2D eigenvalue weighted by Crippen LogP contribution is 2.40. The molecule has 4 rings (SSSR count). The van der Waals surface area contributed by atoms with Crippen LogP contribution >= 0.6 is 34.5 Å². The summed E-state index contributed by atoms with van der Waals surface area (Å²) in [6.07, 6.45) is 5.14. The van der Waals surface area contributed by atoms with Crippen molar-refractivity contribution in [1.29, 1.82) is 0 Å². The lowest BCUT2D eigenvalue weighted by atomic mass is 10.2. The van der Waals surface area contributed by atoms with Crippen LogP contribution in [0.3, 0.4) is 0 Å². The van der Waals surface area contributed by atoms with Gasteiger partial charge in [0.25, 0.3) is 0 Å². The molecule has 0 atom stereocenters. The second kappa shape index (κ2) is 9.12. The molecular weight excluding hydrogens is 453 g/mol. The van der Waals surface area contributed by atoms with Crippen LogP contribution in [-0.2, 0) is 17.9 Å². The van der Waals surface area contributed by atoms with Crippen LogP contribution in [0.4, 0.5) is 11.5 Å². The molecule has 0 saturated carbocycles. The van der Waals surface area contributed by atoms with E-state index in [1.165, 1.54) is 0 Å². The smallest absolute Gasteiger partial charge is 0.246 e. The van der Waals surface area contributed by atoms with Gasteiger partial charge in [0, 0.05) is 41.3 Å². The maximum Gasteiger partial charge on any atom is 0.246 e. The number of hydrogen-bond donors (Lipinski definition) is 1. The van der Waals surface area contributed by atoms with Crippen LogP contribution in [0.15, 0.2) is 36.7 Å². The lowest BCUT2D eigenvalue weighted by molar-refractivity contribution is -0.126. The molecule has 162 valence electrons. The summed E-state index contributed by atoms with van der Waals surface area (Å²) >= 11 is 13.8. The van der Waals surface area contributed by atoms with Gasteiger partial charge in [-0.2, -0.15) is 0 Å². The van der Waals surface area contributed by atoms with E-state index >= 15 is 0 Å². The molecule has 0 spiro atoms. The van der Waals surface area contributed by atoms with E-state index in [9.17, 15) is 4.79 Å². The Morgan fingerprint density at radius 2 is 2.10 bits per heavy atom. The zero-order valence-electron chi connectivity index (χ0n) is 17.5. The number of amides is 1. The number of nitrogens with one attached hydrogen (secondary N) is 1. The lowest BCUT2D eigenvalue weighted by Crippen LogP contribution is -2.27. The highest BCUT2D eigenvalue weighted by atomic mass is 35.5. The molecule has 0 aliphatic carbocycles. The minimum absolute atomic E-state index is 0.0181. The molecule has 1 N–H and O–H groups in total. The number of carbonyl (C=O) groups is 1. The SMILES string of the molecule is CC(C)N(C)C/C=C/C(=O)N1Cc2sc3ncnc(Nc4ccc(Cl)c(Cl)c4)c3c2C1. The monoisotopic (exact) mass is 475 g/mol. The molecule has 2 aromatic heterocycles. The van der Waals surface area contributed by atoms with Gasteiger partial charge in [0.05, 0.1) is 22.0 Å². The molecule has 0 bridgehead atoms. The van der Waals surface area contributed by atoms with E-state index in [0.717, 1.165) is 32.9 Å². The predicted octanol–water partition coefficient (Wildman–Crippen LogP) is 5.48. The molecule has 0 unspecified atom stereocenters. The van der Waals surface area contributed by atoms with Crippen molar-refractivity contribution in [3.05, 3.63) is 57.2 Å². The third-order valence-corrected chi connectivity index (χ3v) is 7.25. The number of carbonyl (C=O) groups excluding carboxylic acids is 1. The summed E-state index contributed by atoms with van der Waals surface area (Å²) in [5.41, 5.74) is 1.89. The summed E-state index contributed by atoms with van der Waals surface area (Å²) in [5.74, 6) is 0.717. The van der Waals surface area contributed by atoms with Crippen LogP contribution < -0.4 is 5.32 Å². The minimum Gasteiger partial charge on any atom is -0.340 e. The van der Waals surface area contributed by atoms with Gasteiger partial charge in [-0.25, -0.2) is 9.97 Å². The topological polar surface area (TPSA) is 61.4 Å². The first kappa shape index (κ1) is 22.0. The number of aromatic nitrogens is 2. The van der Waals surface area contributed by atoms with Gasteiger partial charge in [-0.3, -0.25) is 4.79 Å². The quantitative estimate of drug-likeness (QED) is 0.478. The van der Waals surface area contributed by atoms with Gasteiger partial charge in [0.15, 0.2) is 0 Å². The second-order valence-electron chi connectivity index (χ2n) is 7.79. The Balaban J connectivity index is 1.54. The fourth-order valence-corrected chi connectivity index (χ4v) is 4.81. The van der Waals surface area contributed by atoms with Crippen LogP contribution in [0.25, 0.3) is 10.2 Å². The van der Waals surface area contributed by atoms with E-state index < -0.39 is 0 Å². The summed E-state index contributed by atoms with van der Waals surface area (Å²) in [5, 5.41) is 5.24. The van der Waals surface area contributed by atoms with Crippen molar-refractivity contribution in [2.75, 3.05) is 18.9 Å². The van der Waals surface area contributed by atoms with Gasteiger partial charge in [-0.05, 0) is 39.1 Å². The van der Waals surface area contributed by atoms with Crippen molar-refractivity contribution in [2.24, 2.45) is 0 Å². The van der Waals surface area contributed by atoms with Gasteiger partial charge in [-0.15, -0.1) is 11.3 Å². The first-order valence-corrected chi connectivity index (χ1v) is 11.5. The van der Waals surface area contributed by atoms with E-state index in [4.69, 9.17) is 23.2 Å². The molecule has 1 aromatic carbocycles. The van der Waals surface area contributed by atoms with Crippen molar-refractivity contribution in [3.8, 4) is 0 Å². The Morgan fingerprint density at radius 3 is 2.84 bits per heavy atom. The van der Waals surface area contributed by atoms with Gasteiger partial charge in [0.1, 0.15) is 17.0 Å². The Kier molecular flexibility index (Phi) is 6.48. The zero-order valence-corrected chi connectivity index (χ0v) is 19.9. The summed E-state index contributed by atoms with van der Waals surface area (Å²) in [4.78, 5) is 27.7. The summed E-state index contributed by atoms with van der Waals surface area (Å²) in [6.45, 7) is 6.14. The normalized spacial score (nSPS) is 13.7. The standard InChI is InChI=1S/C22H23Cl2N5OS/c1-13(2)28(3)8-4-5-19(30)29-10-15-18(11-29)31-22-20(15)21(25-12-26-22)27-14-6-7-16(23)17(24)9-14/h4-7,9,12-13H,8,10-11H2,1-3H3,(H,25,26,27)/b5-4+. The molecule has 1 aliphatic rings. The predicted molar refractivity (Wildman–Crippen MR) is 128 cm³/mol. The Morgan fingerprint density at radius 1 is 1.29 bits per heavy atom.